The van der Waals surface area contributed by atoms with Crippen molar-refractivity contribution in [3.05, 3.63) is 42.0 Å². The van der Waals surface area contributed by atoms with Crippen LogP contribution in [0, 0.1) is 0 Å². The minimum Gasteiger partial charge on any atom is -0.338 e. The first-order chi connectivity index (χ1) is 10.9. The lowest BCUT2D eigenvalue weighted by atomic mass is 9.92. The number of hydrogen-bond donors (Lipinski definition) is 1. The van der Waals surface area contributed by atoms with E-state index in [1.807, 2.05) is 6.07 Å². The van der Waals surface area contributed by atoms with Crippen molar-refractivity contribution in [3.8, 4) is 0 Å². The van der Waals surface area contributed by atoms with Crippen LogP contribution in [0.2, 0.25) is 0 Å². The number of benzene rings is 1. The summed E-state index contributed by atoms with van der Waals surface area (Å²) < 4.78 is 27.4. The molecule has 0 spiro atoms. The van der Waals surface area contributed by atoms with E-state index in [0.29, 0.717) is 18.0 Å². The average molecular weight is 336 g/mol. The molecule has 0 saturated carbocycles. The maximum Gasteiger partial charge on any atom is 0.240 e. The van der Waals surface area contributed by atoms with Crippen molar-refractivity contribution in [2.45, 2.75) is 37.5 Å². The molecule has 1 aliphatic carbocycles. The summed E-state index contributed by atoms with van der Waals surface area (Å²) in [6.45, 7) is 5.98. The highest BCUT2D eigenvalue weighted by molar-refractivity contribution is 7.89. The van der Waals surface area contributed by atoms with Crippen molar-refractivity contribution in [2.75, 3.05) is 19.6 Å². The van der Waals surface area contributed by atoms with Gasteiger partial charge in [0.05, 0.1) is 4.90 Å². The molecule has 6 heteroatoms. The number of aryl methyl sites for hydroxylation is 2. The second-order valence-corrected chi connectivity index (χ2v) is 7.56. The molecule has 126 valence electrons. The number of sulfonamides is 1. The summed E-state index contributed by atoms with van der Waals surface area (Å²) in [7, 11) is -3.54. The van der Waals surface area contributed by atoms with Gasteiger partial charge in [-0.3, -0.25) is 4.79 Å². The van der Waals surface area contributed by atoms with Crippen LogP contribution in [0.3, 0.4) is 0 Å². The van der Waals surface area contributed by atoms with Gasteiger partial charge in [0.1, 0.15) is 0 Å². The number of carbonyl (C=O) groups is 1. The maximum absolute atomic E-state index is 12.4. The molecular formula is C17H24N2O3S. The van der Waals surface area contributed by atoms with Gasteiger partial charge in [0, 0.05) is 26.6 Å². The first kappa shape index (κ1) is 17.7. The smallest absolute Gasteiger partial charge is 0.240 e. The third kappa shape index (κ3) is 4.65. The summed E-state index contributed by atoms with van der Waals surface area (Å²) in [6.07, 6.45) is 5.87. The Morgan fingerprint density at radius 2 is 2.00 bits per heavy atom. The Hall–Kier alpha value is -1.66. The molecule has 0 bridgehead atoms. The zero-order chi connectivity index (χ0) is 16.9. The number of nitrogens with zero attached hydrogens (tertiary/aromatic N) is 1. The monoisotopic (exact) mass is 336 g/mol. The Bertz CT molecular complexity index is 683. The lowest BCUT2D eigenvalue weighted by molar-refractivity contribution is -0.128. The van der Waals surface area contributed by atoms with Gasteiger partial charge in [0.15, 0.2) is 0 Å². The molecular weight excluding hydrogens is 312 g/mol. The van der Waals surface area contributed by atoms with Gasteiger partial charge in [-0.15, -0.1) is 6.58 Å². The predicted octanol–water partition coefficient (Wildman–Crippen LogP) is 1.88. The van der Waals surface area contributed by atoms with Crippen LogP contribution in [-0.4, -0.2) is 38.9 Å². The van der Waals surface area contributed by atoms with Crippen LogP contribution >= 0.6 is 0 Å². The molecule has 1 aromatic carbocycles. The van der Waals surface area contributed by atoms with Crippen LogP contribution in [0.4, 0.5) is 0 Å². The molecule has 1 aromatic rings. The zero-order valence-corrected chi connectivity index (χ0v) is 14.4. The molecule has 2 rings (SSSR count). The number of rotatable bonds is 7. The van der Waals surface area contributed by atoms with Gasteiger partial charge >= 0.3 is 0 Å². The van der Waals surface area contributed by atoms with Crippen LogP contribution in [0.25, 0.3) is 0 Å². The van der Waals surface area contributed by atoms with Crippen LogP contribution in [-0.2, 0) is 27.7 Å². The first-order valence-corrected chi connectivity index (χ1v) is 9.40. The number of nitrogens with one attached hydrogen (secondary N) is 1. The molecule has 1 N–H and O–H groups in total. The minimum atomic E-state index is -3.54. The highest BCUT2D eigenvalue weighted by Gasteiger charge is 2.18. The SMILES string of the molecule is C=CCN(CCNS(=O)(=O)c1ccc2c(c1)CCCC2)C(C)=O. The van der Waals surface area contributed by atoms with E-state index in [1.54, 1.807) is 23.1 Å². The molecule has 5 nitrogen and oxygen atoms in total. The zero-order valence-electron chi connectivity index (χ0n) is 13.5. The van der Waals surface area contributed by atoms with E-state index in [4.69, 9.17) is 0 Å². The normalized spacial score (nSPS) is 14.1. The van der Waals surface area contributed by atoms with Crippen LogP contribution in [0.1, 0.15) is 30.9 Å². The topological polar surface area (TPSA) is 66.5 Å². The number of hydrogen-bond acceptors (Lipinski definition) is 3. The van der Waals surface area contributed by atoms with Crippen LogP contribution in [0.15, 0.2) is 35.7 Å². The molecule has 0 atom stereocenters. The van der Waals surface area contributed by atoms with Crippen LogP contribution < -0.4 is 4.72 Å². The Kier molecular flexibility index (Phi) is 5.96. The molecule has 1 aliphatic rings. The highest BCUT2D eigenvalue weighted by Crippen LogP contribution is 2.23. The predicted molar refractivity (Wildman–Crippen MR) is 90.7 cm³/mol. The third-order valence-corrected chi connectivity index (χ3v) is 5.56. The molecule has 0 aromatic heterocycles. The van der Waals surface area contributed by atoms with Crippen LogP contribution in [0.5, 0.6) is 0 Å². The Balaban J connectivity index is 2.01. The maximum atomic E-state index is 12.4. The summed E-state index contributed by atoms with van der Waals surface area (Å²) in [4.78, 5) is 13.3. The molecule has 0 heterocycles. The lowest BCUT2D eigenvalue weighted by Crippen LogP contribution is -2.37. The van der Waals surface area contributed by atoms with E-state index in [9.17, 15) is 13.2 Å². The Morgan fingerprint density at radius 1 is 1.30 bits per heavy atom. The number of carbonyl (C=O) groups excluding carboxylic acids is 1. The summed E-state index contributed by atoms with van der Waals surface area (Å²) in [5.41, 5.74) is 2.39. The van der Waals surface area contributed by atoms with Gasteiger partial charge in [0.2, 0.25) is 15.9 Å². The van der Waals surface area contributed by atoms with Gasteiger partial charge in [0.25, 0.3) is 0 Å². The molecule has 23 heavy (non-hydrogen) atoms. The quantitative estimate of drug-likeness (QED) is 0.773. The van der Waals surface area contributed by atoms with Crippen molar-refractivity contribution < 1.29 is 13.2 Å². The van der Waals surface area contributed by atoms with Crippen molar-refractivity contribution in [2.24, 2.45) is 0 Å². The van der Waals surface area contributed by atoms with Crippen molar-refractivity contribution in [3.63, 3.8) is 0 Å². The van der Waals surface area contributed by atoms with Gasteiger partial charge in [-0.05, 0) is 48.9 Å². The second-order valence-electron chi connectivity index (χ2n) is 5.79. The molecule has 0 unspecified atom stereocenters. The minimum absolute atomic E-state index is 0.0992. The lowest BCUT2D eigenvalue weighted by Gasteiger charge is -2.20. The van der Waals surface area contributed by atoms with E-state index < -0.39 is 10.0 Å². The summed E-state index contributed by atoms with van der Waals surface area (Å²) >= 11 is 0. The molecule has 0 fully saturated rings. The van der Waals surface area contributed by atoms with Gasteiger partial charge < -0.3 is 4.90 Å². The summed E-state index contributed by atoms with van der Waals surface area (Å²) in [5, 5.41) is 0. The standard InChI is InChI=1S/C17H24N2O3S/c1-3-11-19(14(2)20)12-10-18-23(21,22)17-9-8-15-6-4-5-7-16(15)13-17/h3,8-9,13,18H,1,4-7,10-12H2,2H3. The Morgan fingerprint density at radius 3 is 2.65 bits per heavy atom. The summed E-state index contributed by atoms with van der Waals surface area (Å²) in [5.74, 6) is -0.0992. The fourth-order valence-corrected chi connectivity index (χ4v) is 3.88. The second kappa shape index (κ2) is 7.75. The van der Waals surface area contributed by atoms with E-state index in [-0.39, 0.29) is 12.5 Å². The highest BCUT2D eigenvalue weighted by atomic mass is 32.2. The molecule has 0 aliphatic heterocycles. The molecule has 0 saturated heterocycles. The fraction of sp³-hybridized carbons (Fsp3) is 0.471. The molecule has 1 amide bonds. The number of fused-ring (bicyclic) bond motifs is 1. The summed E-state index contributed by atoms with van der Waals surface area (Å²) in [6, 6.07) is 5.37. The van der Waals surface area contributed by atoms with Crippen molar-refractivity contribution in [1.29, 1.82) is 0 Å². The van der Waals surface area contributed by atoms with E-state index in [1.165, 1.54) is 18.9 Å². The van der Waals surface area contributed by atoms with Gasteiger partial charge in [-0.2, -0.15) is 0 Å². The van der Waals surface area contributed by atoms with Gasteiger partial charge in [-0.25, -0.2) is 13.1 Å². The largest absolute Gasteiger partial charge is 0.338 e. The van der Waals surface area contributed by atoms with E-state index in [2.05, 4.69) is 11.3 Å². The Labute approximate surface area is 138 Å². The molecule has 0 radical (unpaired) electrons. The first-order valence-electron chi connectivity index (χ1n) is 7.92. The third-order valence-electron chi connectivity index (χ3n) is 4.10. The average Bonchev–Trinajstić information content (AvgIpc) is 2.53. The number of amides is 1. The van der Waals surface area contributed by atoms with Crippen molar-refractivity contribution >= 4 is 15.9 Å². The van der Waals surface area contributed by atoms with E-state index in [0.717, 1.165) is 24.8 Å². The van der Waals surface area contributed by atoms with E-state index >= 15 is 0 Å². The fourth-order valence-electron chi connectivity index (χ4n) is 2.81. The van der Waals surface area contributed by atoms with Gasteiger partial charge in [-0.1, -0.05) is 12.1 Å². The van der Waals surface area contributed by atoms with Crippen molar-refractivity contribution in [1.82, 2.24) is 9.62 Å².